The number of aryl methyl sites for hydroxylation is 1. The highest BCUT2D eigenvalue weighted by atomic mass is 35.5. The van der Waals surface area contributed by atoms with Crippen LogP contribution in [0, 0.1) is 6.92 Å². The minimum Gasteiger partial charge on any atom is -0.348 e. The van der Waals surface area contributed by atoms with Crippen molar-refractivity contribution in [3.63, 3.8) is 0 Å². The highest BCUT2D eigenvalue weighted by Crippen LogP contribution is 2.19. The van der Waals surface area contributed by atoms with Gasteiger partial charge in [-0.3, -0.25) is 4.79 Å². The molecule has 0 heterocycles. The number of nitrogens with zero attached hydrogens (tertiary/aromatic N) is 1. The van der Waals surface area contributed by atoms with Gasteiger partial charge in [0.2, 0.25) is 15.9 Å². The number of hydrogen-bond acceptors (Lipinski definition) is 3. The second-order valence-corrected chi connectivity index (χ2v) is 8.66. The molecular weight excluding hydrogens is 372 g/mol. The van der Waals surface area contributed by atoms with Gasteiger partial charge in [-0.25, -0.2) is 8.42 Å². The van der Waals surface area contributed by atoms with Gasteiger partial charge in [-0.05, 0) is 36.6 Å². The minimum atomic E-state index is -3.57. The third-order valence-corrected chi connectivity index (χ3v) is 5.69. The third-order valence-electron chi connectivity index (χ3n) is 4.13. The molecule has 0 bridgehead atoms. The van der Waals surface area contributed by atoms with Gasteiger partial charge in [-0.15, -0.1) is 0 Å². The van der Waals surface area contributed by atoms with E-state index in [0.29, 0.717) is 10.6 Å². The molecule has 2 rings (SSSR count). The van der Waals surface area contributed by atoms with E-state index in [0.717, 1.165) is 21.7 Å². The second kappa shape index (κ2) is 8.66. The van der Waals surface area contributed by atoms with Crippen molar-refractivity contribution in [3.05, 3.63) is 70.2 Å². The monoisotopic (exact) mass is 394 g/mol. The lowest BCUT2D eigenvalue weighted by Crippen LogP contribution is -2.40. The Labute approximate surface area is 160 Å². The second-order valence-electron chi connectivity index (χ2n) is 6.27. The predicted molar refractivity (Wildman–Crippen MR) is 104 cm³/mol. The molecule has 140 valence electrons. The van der Waals surface area contributed by atoms with Crippen molar-refractivity contribution in [3.8, 4) is 0 Å². The molecule has 7 heteroatoms. The molecule has 0 saturated carbocycles. The number of amides is 1. The first-order valence-electron chi connectivity index (χ1n) is 8.22. The van der Waals surface area contributed by atoms with Crippen molar-refractivity contribution in [2.45, 2.75) is 26.4 Å². The number of carbonyl (C=O) groups is 1. The average Bonchev–Trinajstić information content (AvgIpc) is 2.55. The third kappa shape index (κ3) is 5.56. The fourth-order valence-electron chi connectivity index (χ4n) is 2.70. The first-order chi connectivity index (χ1) is 12.2. The molecule has 1 atom stereocenters. The zero-order valence-corrected chi connectivity index (χ0v) is 16.6. The van der Waals surface area contributed by atoms with Gasteiger partial charge in [0.05, 0.1) is 18.8 Å². The molecule has 26 heavy (non-hydrogen) atoms. The van der Waals surface area contributed by atoms with Gasteiger partial charge < -0.3 is 5.32 Å². The van der Waals surface area contributed by atoms with E-state index >= 15 is 0 Å². The number of sulfonamides is 1. The first kappa shape index (κ1) is 20.4. The van der Waals surface area contributed by atoms with E-state index in [4.69, 9.17) is 11.6 Å². The summed E-state index contributed by atoms with van der Waals surface area (Å²) in [6, 6.07) is 14.5. The Kier molecular flexibility index (Phi) is 6.81. The summed E-state index contributed by atoms with van der Waals surface area (Å²) in [6.45, 7) is 3.63. The average molecular weight is 395 g/mol. The van der Waals surface area contributed by atoms with Crippen molar-refractivity contribution in [1.82, 2.24) is 9.62 Å². The number of rotatable bonds is 7. The summed E-state index contributed by atoms with van der Waals surface area (Å²) in [7, 11) is -3.57. The Morgan fingerprint density at radius 3 is 2.38 bits per heavy atom. The van der Waals surface area contributed by atoms with Crippen LogP contribution >= 0.6 is 11.6 Å². The van der Waals surface area contributed by atoms with Gasteiger partial charge in [-0.2, -0.15) is 4.31 Å². The van der Waals surface area contributed by atoms with Crippen LogP contribution in [-0.4, -0.2) is 31.4 Å². The highest BCUT2D eigenvalue weighted by Gasteiger charge is 2.22. The van der Waals surface area contributed by atoms with Crippen LogP contribution in [0.4, 0.5) is 0 Å². The molecule has 0 spiro atoms. The fraction of sp³-hybridized carbons (Fsp3) is 0.316. The summed E-state index contributed by atoms with van der Waals surface area (Å²) in [4.78, 5) is 12.4. The van der Waals surface area contributed by atoms with Crippen LogP contribution in [-0.2, 0) is 21.4 Å². The highest BCUT2D eigenvalue weighted by molar-refractivity contribution is 7.88. The van der Waals surface area contributed by atoms with E-state index < -0.39 is 10.0 Å². The molecule has 0 radical (unpaired) electrons. The topological polar surface area (TPSA) is 66.5 Å². The van der Waals surface area contributed by atoms with E-state index in [1.54, 1.807) is 24.3 Å². The van der Waals surface area contributed by atoms with Crippen molar-refractivity contribution in [2.75, 3.05) is 12.8 Å². The predicted octanol–water partition coefficient (Wildman–Crippen LogP) is 3.29. The van der Waals surface area contributed by atoms with Crippen LogP contribution in [0.5, 0.6) is 0 Å². The van der Waals surface area contributed by atoms with Crippen LogP contribution in [0.2, 0.25) is 5.02 Å². The van der Waals surface area contributed by atoms with Crippen LogP contribution < -0.4 is 5.32 Å². The standard InChI is InChI=1S/C19H23ClN2O3S/c1-14-8-4-6-10-17(14)15(2)21-19(23)13-22(26(3,24)25)12-16-9-5-7-11-18(16)20/h4-11,15H,12-13H2,1-3H3,(H,21,23). The normalized spacial score (nSPS) is 12.8. The molecule has 0 aliphatic heterocycles. The lowest BCUT2D eigenvalue weighted by Gasteiger charge is -2.22. The van der Waals surface area contributed by atoms with Gasteiger partial charge >= 0.3 is 0 Å². The Morgan fingerprint density at radius 1 is 1.15 bits per heavy atom. The molecule has 0 aliphatic carbocycles. The van der Waals surface area contributed by atoms with Crippen LogP contribution in [0.1, 0.15) is 29.7 Å². The summed E-state index contributed by atoms with van der Waals surface area (Å²) in [5, 5.41) is 3.33. The van der Waals surface area contributed by atoms with E-state index in [2.05, 4.69) is 5.32 Å². The number of carbonyl (C=O) groups excluding carboxylic acids is 1. The van der Waals surface area contributed by atoms with E-state index in [1.165, 1.54) is 0 Å². The Balaban J connectivity index is 2.10. The zero-order chi connectivity index (χ0) is 19.3. The molecule has 1 unspecified atom stereocenters. The van der Waals surface area contributed by atoms with Crippen LogP contribution in [0.3, 0.4) is 0 Å². The van der Waals surface area contributed by atoms with Crippen molar-refractivity contribution < 1.29 is 13.2 Å². The lowest BCUT2D eigenvalue weighted by molar-refractivity contribution is -0.122. The number of hydrogen-bond donors (Lipinski definition) is 1. The SMILES string of the molecule is Cc1ccccc1C(C)NC(=O)CN(Cc1ccccc1Cl)S(C)(=O)=O. The first-order valence-corrected chi connectivity index (χ1v) is 10.4. The maximum Gasteiger partial charge on any atom is 0.235 e. The molecular formula is C19H23ClN2O3S. The van der Waals surface area contributed by atoms with E-state index in [-0.39, 0.29) is 25.0 Å². The molecule has 0 aromatic heterocycles. The fourth-order valence-corrected chi connectivity index (χ4v) is 3.63. The lowest BCUT2D eigenvalue weighted by atomic mass is 10.0. The minimum absolute atomic E-state index is 0.0463. The summed E-state index contributed by atoms with van der Waals surface area (Å²) in [6.07, 6.45) is 1.09. The van der Waals surface area contributed by atoms with E-state index in [1.807, 2.05) is 38.1 Å². The van der Waals surface area contributed by atoms with Crippen molar-refractivity contribution in [1.29, 1.82) is 0 Å². The van der Waals surface area contributed by atoms with E-state index in [9.17, 15) is 13.2 Å². The molecule has 0 saturated heterocycles. The van der Waals surface area contributed by atoms with Gasteiger partial charge in [0, 0.05) is 11.6 Å². The summed E-state index contributed by atoms with van der Waals surface area (Å²) < 4.78 is 25.3. The Morgan fingerprint density at radius 2 is 1.77 bits per heavy atom. The maximum atomic E-state index is 12.4. The van der Waals surface area contributed by atoms with Crippen molar-refractivity contribution in [2.24, 2.45) is 0 Å². The van der Waals surface area contributed by atoms with Gasteiger partial charge in [-0.1, -0.05) is 54.1 Å². The summed E-state index contributed by atoms with van der Waals surface area (Å²) in [5.41, 5.74) is 2.72. The van der Waals surface area contributed by atoms with Crippen LogP contribution in [0.15, 0.2) is 48.5 Å². The molecule has 0 fully saturated rings. The van der Waals surface area contributed by atoms with Crippen molar-refractivity contribution >= 4 is 27.5 Å². The van der Waals surface area contributed by atoms with Gasteiger partial charge in [0.15, 0.2) is 0 Å². The zero-order valence-electron chi connectivity index (χ0n) is 15.1. The number of benzene rings is 2. The molecule has 5 nitrogen and oxygen atoms in total. The number of nitrogens with one attached hydrogen (secondary N) is 1. The molecule has 0 aliphatic rings. The Bertz CT molecular complexity index is 884. The number of halogens is 1. The molecule has 1 N–H and O–H groups in total. The van der Waals surface area contributed by atoms with Crippen LogP contribution in [0.25, 0.3) is 0 Å². The maximum absolute atomic E-state index is 12.4. The largest absolute Gasteiger partial charge is 0.348 e. The smallest absolute Gasteiger partial charge is 0.235 e. The molecule has 2 aromatic carbocycles. The van der Waals surface area contributed by atoms with Gasteiger partial charge in [0.1, 0.15) is 0 Å². The summed E-state index contributed by atoms with van der Waals surface area (Å²) in [5.74, 6) is -0.363. The molecule has 2 aromatic rings. The Hall–Kier alpha value is -1.89. The quantitative estimate of drug-likeness (QED) is 0.783. The summed E-state index contributed by atoms with van der Waals surface area (Å²) >= 11 is 6.11. The molecule has 1 amide bonds. The van der Waals surface area contributed by atoms with Gasteiger partial charge in [0.25, 0.3) is 0 Å².